The second-order valence-corrected chi connectivity index (χ2v) is 6.31. The number of ether oxygens (including phenoxy) is 1. The third-order valence-corrected chi connectivity index (χ3v) is 4.25. The van der Waals surface area contributed by atoms with Crippen LogP contribution in [0, 0.1) is 6.92 Å². The van der Waals surface area contributed by atoms with E-state index in [1.54, 1.807) is 20.1 Å². The lowest BCUT2D eigenvalue weighted by Gasteiger charge is -2.17. The standard InChI is InChI=1S/C21H21N3O3/c1-13-8-9-19(27-3)17(10-13)14(2)23-20(25)21(26)24-16-11-15-6-4-5-7-18(15)22-12-16/h4-12,14H,1-3H3,(H,23,25)(H,24,26)/t14-/m0/s1. The Morgan fingerprint density at radius 3 is 2.63 bits per heavy atom. The van der Waals surface area contributed by atoms with Crippen molar-refractivity contribution in [3.63, 3.8) is 0 Å². The number of methoxy groups -OCH3 is 1. The average molecular weight is 363 g/mol. The van der Waals surface area contributed by atoms with Gasteiger partial charge in [0.25, 0.3) is 0 Å². The van der Waals surface area contributed by atoms with Gasteiger partial charge >= 0.3 is 11.8 Å². The second-order valence-electron chi connectivity index (χ2n) is 6.31. The van der Waals surface area contributed by atoms with Gasteiger partial charge in [-0.2, -0.15) is 0 Å². The smallest absolute Gasteiger partial charge is 0.313 e. The molecule has 0 fully saturated rings. The number of para-hydroxylation sites is 1. The molecule has 0 saturated heterocycles. The number of carbonyl (C=O) groups excluding carboxylic acids is 2. The molecule has 0 aliphatic carbocycles. The Kier molecular flexibility index (Phi) is 5.35. The van der Waals surface area contributed by atoms with Gasteiger partial charge in [0, 0.05) is 10.9 Å². The molecule has 1 aromatic heterocycles. The molecule has 27 heavy (non-hydrogen) atoms. The van der Waals surface area contributed by atoms with Crippen molar-refractivity contribution in [2.24, 2.45) is 0 Å². The summed E-state index contributed by atoms with van der Waals surface area (Å²) >= 11 is 0. The van der Waals surface area contributed by atoms with Crippen LogP contribution >= 0.6 is 0 Å². The zero-order valence-corrected chi connectivity index (χ0v) is 15.4. The highest BCUT2D eigenvalue weighted by Crippen LogP contribution is 2.26. The lowest BCUT2D eigenvalue weighted by Crippen LogP contribution is -2.37. The fraction of sp³-hybridized carbons (Fsp3) is 0.190. The summed E-state index contributed by atoms with van der Waals surface area (Å²) in [7, 11) is 1.57. The van der Waals surface area contributed by atoms with E-state index in [0.29, 0.717) is 11.4 Å². The molecule has 0 radical (unpaired) electrons. The molecule has 2 aromatic carbocycles. The van der Waals surface area contributed by atoms with E-state index in [1.807, 2.05) is 49.4 Å². The molecule has 0 spiro atoms. The van der Waals surface area contributed by atoms with Crippen molar-refractivity contribution >= 4 is 28.4 Å². The Labute approximate surface area is 157 Å². The van der Waals surface area contributed by atoms with Crippen molar-refractivity contribution in [3.05, 3.63) is 65.9 Å². The Morgan fingerprint density at radius 1 is 1.07 bits per heavy atom. The van der Waals surface area contributed by atoms with Crippen molar-refractivity contribution < 1.29 is 14.3 Å². The Morgan fingerprint density at radius 2 is 1.85 bits per heavy atom. The first kappa shape index (κ1) is 18.4. The topological polar surface area (TPSA) is 80.3 Å². The van der Waals surface area contributed by atoms with Crippen LogP contribution in [0.5, 0.6) is 5.75 Å². The van der Waals surface area contributed by atoms with Gasteiger partial charge in [-0.25, -0.2) is 0 Å². The van der Waals surface area contributed by atoms with Crippen LogP contribution in [0.3, 0.4) is 0 Å². The largest absolute Gasteiger partial charge is 0.496 e. The minimum Gasteiger partial charge on any atom is -0.496 e. The number of nitrogens with one attached hydrogen (secondary N) is 2. The normalized spacial score (nSPS) is 11.7. The molecule has 138 valence electrons. The molecule has 0 aliphatic rings. The van der Waals surface area contributed by atoms with Crippen LogP contribution < -0.4 is 15.4 Å². The predicted molar refractivity (Wildman–Crippen MR) is 105 cm³/mol. The lowest BCUT2D eigenvalue weighted by atomic mass is 10.0. The Bertz CT molecular complexity index is 1000. The van der Waals surface area contributed by atoms with Gasteiger partial charge in [-0.1, -0.05) is 35.9 Å². The van der Waals surface area contributed by atoms with Gasteiger partial charge in [0.15, 0.2) is 0 Å². The fourth-order valence-electron chi connectivity index (χ4n) is 2.86. The molecule has 2 N–H and O–H groups in total. The van der Waals surface area contributed by atoms with E-state index < -0.39 is 11.8 Å². The Balaban J connectivity index is 1.69. The number of nitrogens with zero attached hydrogens (tertiary/aromatic N) is 1. The highest BCUT2D eigenvalue weighted by molar-refractivity contribution is 6.39. The number of hydrogen-bond donors (Lipinski definition) is 2. The van der Waals surface area contributed by atoms with Crippen molar-refractivity contribution in [3.8, 4) is 5.75 Å². The summed E-state index contributed by atoms with van der Waals surface area (Å²) in [5, 5.41) is 6.17. The van der Waals surface area contributed by atoms with Crippen molar-refractivity contribution in [1.82, 2.24) is 10.3 Å². The van der Waals surface area contributed by atoms with Crippen molar-refractivity contribution in [2.45, 2.75) is 19.9 Å². The molecule has 0 aliphatic heterocycles. The molecular formula is C21H21N3O3. The number of anilines is 1. The number of fused-ring (bicyclic) bond motifs is 1. The highest BCUT2D eigenvalue weighted by atomic mass is 16.5. The van der Waals surface area contributed by atoms with Gasteiger partial charge in [-0.15, -0.1) is 0 Å². The monoisotopic (exact) mass is 363 g/mol. The first-order valence-electron chi connectivity index (χ1n) is 8.59. The summed E-state index contributed by atoms with van der Waals surface area (Å²) < 4.78 is 5.34. The molecule has 6 nitrogen and oxygen atoms in total. The summed E-state index contributed by atoms with van der Waals surface area (Å²) in [4.78, 5) is 28.8. The van der Waals surface area contributed by atoms with Crippen molar-refractivity contribution in [2.75, 3.05) is 12.4 Å². The number of rotatable bonds is 4. The number of hydrogen-bond acceptors (Lipinski definition) is 4. The summed E-state index contributed by atoms with van der Waals surface area (Å²) in [6.07, 6.45) is 1.53. The Hall–Kier alpha value is -3.41. The second kappa shape index (κ2) is 7.86. The van der Waals surface area contributed by atoms with Gasteiger partial charge in [0.1, 0.15) is 5.75 Å². The van der Waals surface area contributed by atoms with E-state index in [-0.39, 0.29) is 6.04 Å². The van der Waals surface area contributed by atoms with Crippen LogP contribution in [-0.4, -0.2) is 23.9 Å². The van der Waals surface area contributed by atoms with Crippen LogP contribution in [0.15, 0.2) is 54.7 Å². The molecule has 6 heteroatoms. The van der Waals surface area contributed by atoms with Crippen molar-refractivity contribution in [1.29, 1.82) is 0 Å². The lowest BCUT2D eigenvalue weighted by molar-refractivity contribution is -0.136. The van der Waals surface area contributed by atoms with Crippen LogP contribution in [-0.2, 0) is 9.59 Å². The third kappa shape index (κ3) is 4.23. The van der Waals surface area contributed by atoms with E-state index in [2.05, 4.69) is 15.6 Å². The number of carbonyl (C=O) groups is 2. The quantitative estimate of drug-likeness (QED) is 0.697. The number of aryl methyl sites for hydroxylation is 1. The van der Waals surface area contributed by atoms with Gasteiger partial charge in [-0.05, 0) is 32.0 Å². The molecule has 3 rings (SSSR count). The maximum atomic E-state index is 12.3. The SMILES string of the molecule is COc1ccc(C)cc1[C@H](C)NC(=O)C(=O)Nc1cnc2ccccc2c1. The minimum absolute atomic E-state index is 0.382. The molecular weight excluding hydrogens is 342 g/mol. The zero-order chi connectivity index (χ0) is 19.4. The summed E-state index contributed by atoms with van der Waals surface area (Å²) in [6, 6.07) is 14.6. The highest BCUT2D eigenvalue weighted by Gasteiger charge is 2.19. The number of benzene rings is 2. The molecule has 3 aromatic rings. The first-order valence-corrected chi connectivity index (χ1v) is 8.59. The molecule has 0 saturated carbocycles. The van der Waals surface area contributed by atoms with E-state index in [1.165, 1.54) is 6.20 Å². The molecule has 2 amide bonds. The maximum Gasteiger partial charge on any atom is 0.313 e. The zero-order valence-electron chi connectivity index (χ0n) is 15.4. The third-order valence-electron chi connectivity index (χ3n) is 4.25. The van der Waals surface area contributed by atoms with E-state index in [9.17, 15) is 9.59 Å². The van der Waals surface area contributed by atoms with E-state index in [0.717, 1.165) is 22.0 Å². The summed E-state index contributed by atoms with van der Waals surface area (Å²) in [5.41, 5.74) is 3.14. The fourth-order valence-corrected chi connectivity index (χ4v) is 2.86. The predicted octanol–water partition coefficient (Wildman–Crippen LogP) is 3.37. The van der Waals surface area contributed by atoms with Crippen LogP contribution in [0.2, 0.25) is 0 Å². The molecule has 1 atom stereocenters. The van der Waals surface area contributed by atoms with Crippen LogP contribution in [0.25, 0.3) is 10.9 Å². The summed E-state index contributed by atoms with van der Waals surface area (Å²) in [6.45, 7) is 3.76. The molecule has 0 bridgehead atoms. The van der Waals surface area contributed by atoms with Crippen LogP contribution in [0.4, 0.5) is 5.69 Å². The van der Waals surface area contributed by atoms with E-state index in [4.69, 9.17) is 4.74 Å². The number of aromatic nitrogens is 1. The molecule has 1 heterocycles. The van der Waals surface area contributed by atoms with E-state index >= 15 is 0 Å². The summed E-state index contributed by atoms with van der Waals surface area (Å²) in [5.74, 6) is -0.808. The average Bonchev–Trinajstić information content (AvgIpc) is 2.67. The maximum absolute atomic E-state index is 12.3. The van der Waals surface area contributed by atoms with Gasteiger partial charge in [-0.3, -0.25) is 14.6 Å². The molecule has 0 unspecified atom stereocenters. The van der Waals surface area contributed by atoms with Gasteiger partial charge < -0.3 is 15.4 Å². The van der Waals surface area contributed by atoms with Gasteiger partial charge in [0.2, 0.25) is 0 Å². The minimum atomic E-state index is -0.745. The first-order chi connectivity index (χ1) is 13.0. The van der Waals surface area contributed by atoms with Crippen LogP contribution in [0.1, 0.15) is 24.1 Å². The number of pyridine rings is 1. The van der Waals surface area contributed by atoms with Gasteiger partial charge in [0.05, 0.1) is 30.6 Å². The number of amides is 2.